The molecule has 4 unspecified atom stereocenters. The topological polar surface area (TPSA) is 12.4 Å². The third kappa shape index (κ3) is 1.82. The molecule has 0 saturated heterocycles. The number of aliphatic imine (C=N–C) groups is 1. The molecule has 1 rings (SSSR count). The summed E-state index contributed by atoms with van der Waals surface area (Å²) in [5.41, 5.74) is 0. The van der Waals surface area contributed by atoms with Gasteiger partial charge >= 0.3 is 0 Å². The van der Waals surface area contributed by atoms with Crippen molar-refractivity contribution in [2.75, 3.05) is 0 Å². The highest BCUT2D eigenvalue weighted by Gasteiger charge is 2.28. The molecule has 0 N–H and O–H groups in total. The summed E-state index contributed by atoms with van der Waals surface area (Å²) in [5, 5.41) is 0. The molecule has 0 aromatic rings. The first-order chi connectivity index (χ1) is 5.15. The minimum atomic E-state index is 0.529. The lowest BCUT2D eigenvalue weighted by Crippen LogP contribution is -2.30. The maximum absolute atomic E-state index is 4.16. The van der Waals surface area contributed by atoms with E-state index in [1.807, 2.05) is 0 Å². The Morgan fingerprint density at radius 2 is 1.55 bits per heavy atom. The van der Waals surface area contributed by atoms with Gasteiger partial charge in [-0.15, -0.1) is 0 Å². The molecule has 0 heterocycles. The fourth-order valence-electron chi connectivity index (χ4n) is 2.08. The van der Waals surface area contributed by atoms with E-state index in [9.17, 15) is 0 Å². The van der Waals surface area contributed by atoms with Crippen LogP contribution in [0.4, 0.5) is 0 Å². The highest BCUT2D eigenvalue weighted by atomic mass is 14.8. The first-order valence-electron chi connectivity index (χ1n) is 4.61. The van der Waals surface area contributed by atoms with Crippen LogP contribution >= 0.6 is 0 Å². The van der Waals surface area contributed by atoms with E-state index in [2.05, 4.69) is 32.5 Å². The van der Waals surface area contributed by atoms with Gasteiger partial charge in [-0.2, -0.15) is 0 Å². The Morgan fingerprint density at radius 3 is 2.09 bits per heavy atom. The van der Waals surface area contributed by atoms with E-state index in [1.165, 1.54) is 12.8 Å². The summed E-state index contributed by atoms with van der Waals surface area (Å²) in [6.07, 6.45) is 2.57. The van der Waals surface area contributed by atoms with Gasteiger partial charge in [-0.25, -0.2) is 0 Å². The summed E-state index contributed by atoms with van der Waals surface area (Å²) in [6.45, 7) is 10.6. The molecule has 1 aliphatic carbocycles. The van der Waals surface area contributed by atoms with Gasteiger partial charge in [-0.1, -0.05) is 20.8 Å². The van der Waals surface area contributed by atoms with Crippen molar-refractivity contribution < 1.29 is 0 Å². The third-order valence-electron chi connectivity index (χ3n) is 3.22. The molecule has 0 aliphatic heterocycles. The molecule has 0 aromatic carbocycles. The average molecular weight is 153 g/mol. The molecular weight excluding hydrogens is 134 g/mol. The van der Waals surface area contributed by atoms with Crippen LogP contribution in [-0.4, -0.2) is 12.8 Å². The van der Waals surface area contributed by atoms with Crippen molar-refractivity contribution in [1.29, 1.82) is 0 Å². The molecule has 1 fully saturated rings. The average Bonchev–Trinajstić information content (AvgIpc) is 1.97. The first-order valence-corrected chi connectivity index (χ1v) is 4.61. The number of rotatable bonds is 1. The Balaban J connectivity index is 2.54. The van der Waals surface area contributed by atoms with Crippen LogP contribution in [0.3, 0.4) is 0 Å². The van der Waals surface area contributed by atoms with Gasteiger partial charge in [0.1, 0.15) is 0 Å². The molecular formula is C10H19N. The maximum atomic E-state index is 4.16. The molecule has 0 amide bonds. The van der Waals surface area contributed by atoms with Gasteiger partial charge in [-0.05, 0) is 37.3 Å². The second kappa shape index (κ2) is 3.38. The Bertz CT molecular complexity index is 142. The minimum absolute atomic E-state index is 0.529. The van der Waals surface area contributed by atoms with Crippen molar-refractivity contribution >= 4 is 6.72 Å². The Hall–Kier alpha value is -0.330. The maximum Gasteiger partial charge on any atom is 0.0520 e. The summed E-state index contributed by atoms with van der Waals surface area (Å²) in [7, 11) is 0. The second-order valence-corrected chi connectivity index (χ2v) is 4.15. The van der Waals surface area contributed by atoms with Crippen LogP contribution in [0.1, 0.15) is 33.6 Å². The van der Waals surface area contributed by atoms with Gasteiger partial charge in [0.25, 0.3) is 0 Å². The predicted molar refractivity (Wildman–Crippen MR) is 50.1 cm³/mol. The first kappa shape index (κ1) is 8.76. The van der Waals surface area contributed by atoms with Gasteiger partial charge < -0.3 is 0 Å². The smallest absolute Gasteiger partial charge is 0.0520 e. The standard InChI is InChI=1S/C10H19N/c1-7-5-9(3)10(11-4)6-8(7)2/h7-10H,4-6H2,1-3H3. The molecule has 0 radical (unpaired) electrons. The Morgan fingerprint density at radius 1 is 1.00 bits per heavy atom. The van der Waals surface area contributed by atoms with Crippen molar-refractivity contribution in [3.05, 3.63) is 0 Å². The third-order valence-corrected chi connectivity index (χ3v) is 3.22. The molecule has 0 bridgehead atoms. The van der Waals surface area contributed by atoms with E-state index in [1.54, 1.807) is 0 Å². The molecule has 4 atom stereocenters. The summed E-state index contributed by atoms with van der Waals surface area (Å²) in [6, 6.07) is 0.529. The van der Waals surface area contributed by atoms with Gasteiger partial charge in [-0.3, -0.25) is 4.99 Å². The fourth-order valence-corrected chi connectivity index (χ4v) is 2.08. The Labute approximate surface area is 69.9 Å². The van der Waals surface area contributed by atoms with Crippen LogP contribution in [0.15, 0.2) is 4.99 Å². The van der Waals surface area contributed by atoms with Crippen LogP contribution < -0.4 is 0 Å². The lowest BCUT2D eigenvalue weighted by molar-refractivity contribution is 0.194. The molecule has 0 aromatic heterocycles. The van der Waals surface area contributed by atoms with Gasteiger partial charge in [0.15, 0.2) is 0 Å². The lowest BCUT2D eigenvalue weighted by atomic mass is 9.74. The predicted octanol–water partition coefficient (Wildman–Crippen LogP) is 2.76. The summed E-state index contributed by atoms with van der Waals surface area (Å²) < 4.78 is 0. The summed E-state index contributed by atoms with van der Waals surface area (Å²) in [5.74, 6) is 2.46. The highest BCUT2D eigenvalue weighted by Crippen LogP contribution is 2.34. The van der Waals surface area contributed by atoms with Crippen molar-refractivity contribution in [1.82, 2.24) is 0 Å². The quantitative estimate of drug-likeness (QED) is 0.514. The van der Waals surface area contributed by atoms with E-state index < -0.39 is 0 Å². The van der Waals surface area contributed by atoms with E-state index >= 15 is 0 Å². The van der Waals surface area contributed by atoms with E-state index in [-0.39, 0.29) is 0 Å². The SMILES string of the molecule is C=NC1CC(C)C(C)CC1C. The number of nitrogens with zero attached hydrogens (tertiary/aromatic N) is 1. The van der Waals surface area contributed by atoms with E-state index in [0.717, 1.165) is 17.8 Å². The molecule has 1 nitrogen and oxygen atoms in total. The largest absolute Gasteiger partial charge is 0.297 e. The van der Waals surface area contributed by atoms with Crippen molar-refractivity contribution in [2.24, 2.45) is 22.7 Å². The second-order valence-electron chi connectivity index (χ2n) is 4.15. The molecule has 1 aliphatic rings. The van der Waals surface area contributed by atoms with Crippen LogP contribution in [0.2, 0.25) is 0 Å². The zero-order valence-electron chi connectivity index (χ0n) is 7.88. The zero-order valence-corrected chi connectivity index (χ0v) is 7.88. The van der Waals surface area contributed by atoms with Crippen molar-refractivity contribution in [3.63, 3.8) is 0 Å². The van der Waals surface area contributed by atoms with Crippen molar-refractivity contribution in [3.8, 4) is 0 Å². The van der Waals surface area contributed by atoms with Gasteiger partial charge in [0.2, 0.25) is 0 Å². The number of hydrogen-bond donors (Lipinski definition) is 0. The normalized spacial score (nSPS) is 45.4. The van der Waals surface area contributed by atoms with Gasteiger partial charge in [0.05, 0.1) is 6.04 Å². The summed E-state index contributed by atoms with van der Waals surface area (Å²) in [4.78, 5) is 4.16. The van der Waals surface area contributed by atoms with Crippen LogP contribution in [0, 0.1) is 17.8 Å². The number of hydrogen-bond acceptors (Lipinski definition) is 1. The minimum Gasteiger partial charge on any atom is -0.297 e. The molecule has 11 heavy (non-hydrogen) atoms. The van der Waals surface area contributed by atoms with E-state index in [4.69, 9.17) is 0 Å². The highest BCUT2D eigenvalue weighted by molar-refractivity contribution is 5.24. The molecule has 0 spiro atoms. The summed E-state index contributed by atoms with van der Waals surface area (Å²) >= 11 is 0. The molecule has 1 saturated carbocycles. The van der Waals surface area contributed by atoms with Crippen LogP contribution in [-0.2, 0) is 0 Å². The van der Waals surface area contributed by atoms with E-state index in [0.29, 0.717) is 6.04 Å². The van der Waals surface area contributed by atoms with Crippen LogP contribution in [0.25, 0.3) is 0 Å². The zero-order chi connectivity index (χ0) is 8.43. The molecule has 1 heteroatoms. The van der Waals surface area contributed by atoms with Gasteiger partial charge in [0, 0.05) is 0 Å². The van der Waals surface area contributed by atoms with Crippen molar-refractivity contribution in [2.45, 2.75) is 39.7 Å². The fraction of sp³-hybridized carbons (Fsp3) is 0.900. The molecule has 64 valence electrons. The van der Waals surface area contributed by atoms with Crippen LogP contribution in [0.5, 0.6) is 0 Å². The Kier molecular flexibility index (Phi) is 2.69. The monoisotopic (exact) mass is 153 g/mol. The lowest BCUT2D eigenvalue weighted by Gasteiger charge is -2.34.